The van der Waals surface area contributed by atoms with Gasteiger partial charge in [-0.15, -0.1) is 0 Å². The van der Waals surface area contributed by atoms with Gasteiger partial charge < -0.3 is 9.51 Å². The molecule has 0 aromatic carbocycles. The summed E-state index contributed by atoms with van der Waals surface area (Å²) >= 11 is 0. The maximum absolute atomic E-state index is 15.5. The molecule has 2 N–H and O–H groups in total. The number of nitrogens with two attached hydrogens (primary N) is 1. The minimum absolute atomic E-state index is 0.0763. The SMILES string of the molecule is CC(C)[Si](F)(O[Si](N)(C(C)(C)C)C(C)(C)C)C(C)C. The molecule has 0 bridgehead atoms. The quantitative estimate of drug-likeness (QED) is 0.569. The van der Waals surface area contributed by atoms with E-state index in [2.05, 4.69) is 41.5 Å². The summed E-state index contributed by atoms with van der Waals surface area (Å²) in [4.78, 5) is 0. The molecule has 2 nitrogen and oxygen atoms in total. The molecule has 0 amide bonds. The van der Waals surface area contributed by atoms with Crippen LogP contribution in [0.4, 0.5) is 4.11 Å². The molecule has 116 valence electrons. The second-order valence-corrected chi connectivity index (χ2v) is 17.3. The Morgan fingerprint density at radius 3 is 1.26 bits per heavy atom. The van der Waals surface area contributed by atoms with Crippen molar-refractivity contribution in [1.82, 2.24) is 0 Å². The van der Waals surface area contributed by atoms with Crippen LogP contribution in [0.15, 0.2) is 0 Å². The van der Waals surface area contributed by atoms with E-state index < -0.39 is 17.1 Å². The first-order valence-corrected chi connectivity index (χ1v) is 11.2. The third-order valence-electron chi connectivity index (χ3n) is 4.12. The maximum Gasteiger partial charge on any atom is 0.379 e. The Kier molecular flexibility index (Phi) is 5.66. The van der Waals surface area contributed by atoms with Crippen molar-refractivity contribution in [1.29, 1.82) is 0 Å². The molecular formula is C14H34FNOSi2. The standard InChI is InChI=1S/C14H34FNOSi2/c1-11(2)18(15,12(3)4)17-19(16,13(5,6)7)14(8,9)10/h11-12H,16H2,1-10H3. The van der Waals surface area contributed by atoms with E-state index in [1.807, 2.05) is 27.7 Å². The van der Waals surface area contributed by atoms with Crippen LogP contribution in [0.1, 0.15) is 69.2 Å². The van der Waals surface area contributed by atoms with Crippen LogP contribution < -0.4 is 5.40 Å². The third-order valence-corrected chi connectivity index (χ3v) is 14.3. The van der Waals surface area contributed by atoms with Crippen molar-refractivity contribution >= 4 is 17.1 Å². The van der Waals surface area contributed by atoms with Gasteiger partial charge in [-0.25, -0.2) is 0 Å². The van der Waals surface area contributed by atoms with Crippen LogP contribution in [-0.2, 0) is 4.12 Å². The average Bonchev–Trinajstić information content (AvgIpc) is 2.12. The fourth-order valence-corrected chi connectivity index (χ4v) is 12.5. The highest BCUT2D eigenvalue weighted by Crippen LogP contribution is 2.51. The largest absolute Gasteiger partial charge is 0.419 e. The van der Waals surface area contributed by atoms with Gasteiger partial charge in [0.1, 0.15) is 0 Å². The minimum Gasteiger partial charge on any atom is -0.419 e. The fraction of sp³-hybridized carbons (Fsp3) is 1.00. The molecule has 0 spiro atoms. The molecule has 0 aromatic heterocycles. The van der Waals surface area contributed by atoms with Crippen LogP contribution in [0.2, 0.25) is 21.2 Å². The molecular weight excluding hydrogens is 273 g/mol. The molecule has 19 heavy (non-hydrogen) atoms. The summed E-state index contributed by atoms with van der Waals surface area (Å²) in [6.45, 7) is 20.2. The molecule has 5 heteroatoms. The summed E-state index contributed by atoms with van der Waals surface area (Å²) in [5.74, 6) is 0. The Bertz CT molecular complexity index is 284. The van der Waals surface area contributed by atoms with E-state index in [0.717, 1.165) is 0 Å². The second-order valence-electron chi connectivity index (χ2n) is 8.34. The predicted octanol–water partition coefficient (Wildman–Crippen LogP) is 5.24. The molecule has 0 aliphatic rings. The van der Waals surface area contributed by atoms with Crippen LogP contribution >= 0.6 is 0 Å². The Morgan fingerprint density at radius 1 is 0.842 bits per heavy atom. The van der Waals surface area contributed by atoms with Gasteiger partial charge in [-0.3, -0.25) is 4.11 Å². The van der Waals surface area contributed by atoms with Crippen LogP contribution in [0.5, 0.6) is 0 Å². The molecule has 0 atom stereocenters. The first kappa shape index (κ1) is 19.3. The smallest absolute Gasteiger partial charge is 0.379 e. The Labute approximate surface area is 121 Å². The van der Waals surface area contributed by atoms with Crippen molar-refractivity contribution in [2.75, 3.05) is 0 Å². The Hall–Kier alpha value is 0.284. The van der Waals surface area contributed by atoms with Crippen molar-refractivity contribution in [3.63, 3.8) is 0 Å². The lowest BCUT2D eigenvalue weighted by atomic mass is 10.2. The van der Waals surface area contributed by atoms with Gasteiger partial charge in [0.2, 0.25) is 0 Å². The lowest BCUT2D eigenvalue weighted by Crippen LogP contribution is -2.68. The molecule has 0 fully saturated rings. The first-order valence-electron chi connectivity index (χ1n) is 7.27. The number of hydrogen-bond acceptors (Lipinski definition) is 2. The van der Waals surface area contributed by atoms with Crippen molar-refractivity contribution in [2.24, 2.45) is 5.40 Å². The lowest BCUT2D eigenvalue weighted by Gasteiger charge is -2.51. The monoisotopic (exact) mass is 307 g/mol. The summed E-state index contributed by atoms with van der Waals surface area (Å²) in [5, 5.41) is 6.34. The van der Waals surface area contributed by atoms with Gasteiger partial charge in [-0.1, -0.05) is 69.2 Å². The number of rotatable bonds is 4. The van der Waals surface area contributed by atoms with Gasteiger partial charge in [0, 0.05) is 11.1 Å². The molecule has 0 rings (SSSR count). The Balaban J connectivity index is 5.72. The molecule has 0 radical (unpaired) electrons. The van der Waals surface area contributed by atoms with Crippen LogP contribution in [0, 0.1) is 0 Å². The van der Waals surface area contributed by atoms with Gasteiger partial charge >= 0.3 is 8.65 Å². The second kappa shape index (κ2) is 5.58. The number of hydrogen-bond donors (Lipinski definition) is 1. The van der Waals surface area contributed by atoms with Crippen molar-refractivity contribution in [3.8, 4) is 0 Å². The van der Waals surface area contributed by atoms with Crippen LogP contribution in [0.25, 0.3) is 0 Å². The zero-order valence-corrected chi connectivity index (χ0v) is 16.5. The lowest BCUT2D eigenvalue weighted by molar-refractivity contribution is 0.351. The van der Waals surface area contributed by atoms with Gasteiger partial charge in [0.05, 0.1) is 0 Å². The van der Waals surface area contributed by atoms with Gasteiger partial charge in [0.15, 0.2) is 0 Å². The van der Waals surface area contributed by atoms with Crippen LogP contribution in [-0.4, -0.2) is 17.1 Å². The van der Waals surface area contributed by atoms with E-state index in [9.17, 15) is 0 Å². The third kappa shape index (κ3) is 3.68. The zero-order valence-electron chi connectivity index (χ0n) is 14.5. The van der Waals surface area contributed by atoms with E-state index in [1.165, 1.54) is 0 Å². The van der Waals surface area contributed by atoms with E-state index in [0.29, 0.717) is 0 Å². The maximum atomic E-state index is 15.5. The highest BCUT2D eigenvalue weighted by Gasteiger charge is 2.59. The topological polar surface area (TPSA) is 35.2 Å². The summed E-state index contributed by atoms with van der Waals surface area (Å²) in [5.41, 5.74) is -0.153. The van der Waals surface area contributed by atoms with Crippen molar-refractivity contribution in [3.05, 3.63) is 0 Å². The molecule has 0 saturated heterocycles. The van der Waals surface area contributed by atoms with Gasteiger partial charge in [0.25, 0.3) is 8.48 Å². The fourth-order valence-electron chi connectivity index (χ4n) is 2.58. The van der Waals surface area contributed by atoms with Gasteiger partial charge in [-0.05, 0) is 10.1 Å². The molecule has 0 aliphatic carbocycles. The Morgan fingerprint density at radius 2 is 1.11 bits per heavy atom. The van der Waals surface area contributed by atoms with Crippen molar-refractivity contribution in [2.45, 2.75) is 90.4 Å². The molecule has 0 saturated carbocycles. The highest BCUT2D eigenvalue weighted by molar-refractivity contribution is 6.86. The average molecular weight is 308 g/mol. The van der Waals surface area contributed by atoms with Crippen LogP contribution in [0.3, 0.4) is 0 Å². The zero-order chi connectivity index (χ0) is 15.9. The summed E-state index contributed by atoms with van der Waals surface area (Å²) in [7, 11) is -6.05. The molecule has 0 aliphatic heterocycles. The predicted molar refractivity (Wildman–Crippen MR) is 87.5 cm³/mol. The molecule has 0 unspecified atom stereocenters. The summed E-state index contributed by atoms with van der Waals surface area (Å²) in [6.07, 6.45) is 0. The van der Waals surface area contributed by atoms with E-state index >= 15 is 4.11 Å². The van der Waals surface area contributed by atoms with E-state index in [-0.39, 0.29) is 21.2 Å². The molecule has 0 aromatic rings. The summed E-state index contributed by atoms with van der Waals surface area (Å²) < 4.78 is 21.7. The van der Waals surface area contributed by atoms with E-state index in [4.69, 9.17) is 9.51 Å². The van der Waals surface area contributed by atoms with Crippen molar-refractivity contribution < 1.29 is 8.22 Å². The normalized spacial score (nSPS) is 15.5. The first-order chi connectivity index (χ1) is 8.09. The summed E-state index contributed by atoms with van der Waals surface area (Å²) in [6, 6.07) is 0. The highest BCUT2D eigenvalue weighted by atomic mass is 28.5. The van der Waals surface area contributed by atoms with E-state index in [1.54, 1.807) is 0 Å². The number of halogens is 1. The van der Waals surface area contributed by atoms with Gasteiger partial charge in [-0.2, -0.15) is 0 Å². The molecule has 0 heterocycles. The minimum atomic E-state index is -3.32.